The third-order valence-corrected chi connectivity index (χ3v) is 8.48. The Morgan fingerprint density at radius 3 is 2.50 bits per heavy atom. The zero-order chi connectivity index (χ0) is 27.3. The van der Waals surface area contributed by atoms with Crippen LogP contribution in [0, 0.1) is 24.7 Å². The van der Waals surface area contributed by atoms with Crippen LogP contribution in [0.15, 0.2) is 52.6 Å². The van der Waals surface area contributed by atoms with E-state index in [1.807, 2.05) is 12.1 Å². The van der Waals surface area contributed by atoms with E-state index in [0.717, 1.165) is 11.1 Å². The quantitative estimate of drug-likeness (QED) is 0.244. The van der Waals surface area contributed by atoms with Crippen LogP contribution in [0.5, 0.6) is 5.75 Å². The van der Waals surface area contributed by atoms with Gasteiger partial charge in [0.25, 0.3) is 0 Å². The number of carbonyl (C=O) groups excluding carboxylic acids is 4. The van der Waals surface area contributed by atoms with Gasteiger partial charge in [0.1, 0.15) is 5.75 Å². The molecule has 0 bridgehead atoms. The van der Waals surface area contributed by atoms with Crippen LogP contribution in [0.1, 0.15) is 62.5 Å². The van der Waals surface area contributed by atoms with E-state index in [0.29, 0.717) is 48.0 Å². The van der Waals surface area contributed by atoms with Crippen molar-refractivity contribution in [3.63, 3.8) is 0 Å². The summed E-state index contributed by atoms with van der Waals surface area (Å²) in [5, 5.41) is 18.9. The predicted octanol–water partition coefficient (Wildman–Crippen LogP) is 3.78. The van der Waals surface area contributed by atoms with Gasteiger partial charge in [-0.05, 0) is 68.7 Å². The second kappa shape index (κ2) is 9.82. The van der Waals surface area contributed by atoms with E-state index in [1.54, 1.807) is 26.0 Å². The summed E-state index contributed by atoms with van der Waals surface area (Å²) < 4.78 is 0. The Balaban J connectivity index is 1.50. The van der Waals surface area contributed by atoms with Crippen molar-refractivity contribution in [3.8, 4) is 5.75 Å². The number of hydrogen-bond donors (Lipinski definition) is 2. The molecule has 4 aliphatic rings. The molecule has 8 nitrogen and oxygen atoms in total. The number of carboxylic acids is 1. The molecule has 0 unspecified atom stereocenters. The van der Waals surface area contributed by atoms with Gasteiger partial charge in [0.2, 0.25) is 11.8 Å². The molecule has 0 radical (unpaired) electrons. The standard InChI is InChI=1S/C30H31NO7/c1-15-12-17(7-10-22(15)32)25-18-8-9-19-26(20(18)14-21-27(25)23(33)13-16(2)28(21)36)30(38)31(29(19)37)11-5-3-4-6-24(34)35/h7-8,10,12-13,19-20,25-26,32H,3-6,9,11,14H2,1-2H3,(H,34,35)/t19-,20+,25-,26-/m0/s1. The maximum Gasteiger partial charge on any atom is 0.303 e. The topological polar surface area (TPSA) is 129 Å². The SMILES string of the molecule is CC1=CC(=O)C2=C(C[C@@H]3C(=CC[C@@H]4C(=O)N(CCCCCC(=O)O)C(=O)[C@@H]43)[C@@H]2c2ccc(O)c(C)c2)C1=O. The Bertz CT molecular complexity index is 1360. The van der Waals surface area contributed by atoms with E-state index in [2.05, 4.69) is 0 Å². The maximum atomic E-state index is 13.7. The van der Waals surface area contributed by atoms with Crippen LogP contribution >= 0.6 is 0 Å². The molecular weight excluding hydrogens is 486 g/mol. The molecule has 1 aromatic rings. The van der Waals surface area contributed by atoms with Gasteiger partial charge in [0, 0.05) is 35.6 Å². The molecule has 8 heteroatoms. The highest BCUT2D eigenvalue weighted by atomic mass is 16.4. The summed E-state index contributed by atoms with van der Waals surface area (Å²) in [7, 11) is 0. The average molecular weight is 518 g/mol. The van der Waals surface area contributed by atoms with Crippen molar-refractivity contribution in [1.29, 1.82) is 0 Å². The Morgan fingerprint density at radius 2 is 1.79 bits per heavy atom. The second-order valence-electron chi connectivity index (χ2n) is 10.8. The van der Waals surface area contributed by atoms with Gasteiger partial charge in [0.15, 0.2) is 11.6 Å². The molecule has 38 heavy (non-hydrogen) atoms. The predicted molar refractivity (Wildman–Crippen MR) is 137 cm³/mol. The first-order chi connectivity index (χ1) is 18.1. The molecule has 3 aliphatic carbocycles. The van der Waals surface area contributed by atoms with E-state index in [9.17, 15) is 29.1 Å². The monoisotopic (exact) mass is 517 g/mol. The van der Waals surface area contributed by atoms with Gasteiger partial charge < -0.3 is 10.2 Å². The first-order valence-electron chi connectivity index (χ1n) is 13.2. The fourth-order valence-corrected chi connectivity index (χ4v) is 6.63. The van der Waals surface area contributed by atoms with Gasteiger partial charge in [-0.2, -0.15) is 0 Å². The number of likely N-dealkylation sites (tertiary alicyclic amines) is 1. The summed E-state index contributed by atoms with van der Waals surface area (Å²) >= 11 is 0. The number of aliphatic carboxylic acids is 1. The number of aryl methyl sites for hydroxylation is 1. The summed E-state index contributed by atoms with van der Waals surface area (Å²) in [5.74, 6) is -3.65. The van der Waals surface area contributed by atoms with Gasteiger partial charge >= 0.3 is 5.97 Å². The van der Waals surface area contributed by atoms with Crippen molar-refractivity contribution in [1.82, 2.24) is 4.90 Å². The van der Waals surface area contributed by atoms with Gasteiger partial charge in [-0.3, -0.25) is 28.9 Å². The minimum Gasteiger partial charge on any atom is -0.508 e. The Morgan fingerprint density at radius 1 is 1.03 bits per heavy atom. The molecule has 0 aromatic heterocycles. The number of phenols is 1. The summed E-state index contributed by atoms with van der Waals surface area (Å²) in [5.41, 5.74) is 3.51. The van der Waals surface area contributed by atoms with Crippen molar-refractivity contribution in [3.05, 3.63) is 63.8 Å². The number of carbonyl (C=O) groups is 5. The van der Waals surface area contributed by atoms with Crippen molar-refractivity contribution in [2.45, 2.75) is 58.3 Å². The highest BCUT2D eigenvalue weighted by Crippen LogP contribution is 2.55. The van der Waals surface area contributed by atoms with Crippen LogP contribution in [-0.2, 0) is 24.0 Å². The van der Waals surface area contributed by atoms with E-state index < -0.39 is 23.7 Å². The number of amides is 2. The molecule has 0 saturated carbocycles. The normalized spacial score (nSPS) is 26.6. The molecule has 0 spiro atoms. The lowest BCUT2D eigenvalue weighted by molar-refractivity contribution is -0.141. The zero-order valence-corrected chi connectivity index (χ0v) is 21.5. The molecule has 1 aromatic carbocycles. The lowest BCUT2D eigenvalue weighted by atomic mass is 9.59. The highest BCUT2D eigenvalue weighted by Gasteiger charge is 2.56. The number of imide groups is 1. The van der Waals surface area contributed by atoms with E-state index in [1.165, 1.54) is 11.0 Å². The minimum absolute atomic E-state index is 0.0542. The number of fused-ring (bicyclic) bond motifs is 3. The number of unbranched alkanes of at least 4 members (excludes halogenated alkanes) is 2. The summed E-state index contributed by atoms with van der Waals surface area (Å²) in [4.78, 5) is 65.6. The van der Waals surface area contributed by atoms with Crippen LogP contribution in [-0.4, -0.2) is 51.0 Å². The number of carboxylic acid groups (broad SMARTS) is 1. The molecule has 2 N–H and O–H groups in total. The van der Waals surface area contributed by atoms with Gasteiger partial charge in [-0.15, -0.1) is 0 Å². The molecule has 1 aliphatic heterocycles. The van der Waals surface area contributed by atoms with Crippen LogP contribution in [0.4, 0.5) is 0 Å². The zero-order valence-electron chi connectivity index (χ0n) is 21.5. The van der Waals surface area contributed by atoms with Crippen molar-refractivity contribution < 1.29 is 34.2 Å². The fourth-order valence-electron chi connectivity index (χ4n) is 6.63. The highest BCUT2D eigenvalue weighted by molar-refractivity contribution is 6.23. The summed E-state index contributed by atoms with van der Waals surface area (Å²) in [6.45, 7) is 3.64. The molecule has 198 valence electrons. The van der Waals surface area contributed by atoms with Gasteiger partial charge in [0.05, 0.1) is 11.8 Å². The molecule has 4 atom stereocenters. The number of hydrogen-bond acceptors (Lipinski definition) is 6. The number of nitrogens with zero attached hydrogens (tertiary/aromatic N) is 1. The molecule has 1 fully saturated rings. The largest absolute Gasteiger partial charge is 0.508 e. The number of phenolic OH excluding ortho intramolecular Hbond substituents is 1. The Hall–Kier alpha value is -3.81. The summed E-state index contributed by atoms with van der Waals surface area (Å²) in [6, 6.07) is 5.14. The number of Topliss-reactive ketones (excluding diaryl/α,β-unsaturated/α-hetero) is 1. The summed E-state index contributed by atoms with van der Waals surface area (Å²) in [6.07, 6.45) is 5.65. The molecule has 2 amide bonds. The third kappa shape index (κ3) is 4.22. The first kappa shape index (κ1) is 25.8. The number of ketones is 2. The fraction of sp³-hybridized carbons (Fsp3) is 0.433. The van der Waals surface area contributed by atoms with E-state index >= 15 is 0 Å². The van der Waals surface area contributed by atoms with Crippen molar-refractivity contribution in [2.75, 3.05) is 6.54 Å². The average Bonchev–Trinajstić information content (AvgIpc) is 3.12. The first-order valence-corrected chi connectivity index (χ1v) is 13.2. The molecule has 5 rings (SSSR count). The molecule has 1 heterocycles. The minimum atomic E-state index is -0.867. The van der Waals surface area contributed by atoms with Gasteiger partial charge in [-0.25, -0.2) is 0 Å². The molecule has 1 saturated heterocycles. The van der Waals surface area contributed by atoms with Crippen LogP contribution in [0.25, 0.3) is 0 Å². The Kier molecular flexibility index (Phi) is 6.67. The van der Waals surface area contributed by atoms with Crippen molar-refractivity contribution >= 4 is 29.4 Å². The van der Waals surface area contributed by atoms with E-state index in [-0.39, 0.29) is 54.4 Å². The number of allylic oxidation sites excluding steroid dienone is 6. The van der Waals surface area contributed by atoms with Crippen LogP contribution < -0.4 is 0 Å². The number of benzene rings is 1. The lowest BCUT2D eigenvalue weighted by Gasteiger charge is -2.42. The van der Waals surface area contributed by atoms with Crippen LogP contribution in [0.2, 0.25) is 0 Å². The Labute approximate surface area is 220 Å². The molecular formula is C30H31NO7. The van der Waals surface area contributed by atoms with Gasteiger partial charge in [-0.1, -0.05) is 30.2 Å². The third-order valence-electron chi connectivity index (χ3n) is 8.48. The smallest absolute Gasteiger partial charge is 0.303 e. The van der Waals surface area contributed by atoms with Crippen LogP contribution in [0.3, 0.4) is 0 Å². The number of aromatic hydroxyl groups is 1. The maximum absolute atomic E-state index is 13.7. The van der Waals surface area contributed by atoms with Crippen molar-refractivity contribution in [2.24, 2.45) is 17.8 Å². The number of rotatable bonds is 7. The van der Waals surface area contributed by atoms with E-state index in [4.69, 9.17) is 5.11 Å². The second-order valence-corrected chi connectivity index (χ2v) is 10.8. The lowest BCUT2D eigenvalue weighted by Crippen LogP contribution is -2.39.